The van der Waals surface area contributed by atoms with Crippen LogP contribution in [0.1, 0.15) is 2.85 Å². The van der Waals surface area contributed by atoms with Crippen LogP contribution in [0.2, 0.25) is 0 Å². The summed E-state index contributed by atoms with van der Waals surface area (Å²) in [6.07, 6.45) is 1.67. The molecule has 2 rings (SSSR count). The minimum atomic E-state index is 0. The van der Waals surface area contributed by atoms with Crippen LogP contribution in [-0.2, 0) is 0 Å². The molecule has 0 unspecified atom stereocenters. The van der Waals surface area contributed by atoms with Crippen molar-refractivity contribution in [3.8, 4) is 5.75 Å². The number of aromatic hydroxyl groups is 1. The van der Waals surface area contributed by atoms with Crippen LogP contribution < -0.4 is 0 Å². The van der Waals surface area contributed by atoms with Crippen molar-refractivity contribution in [1.82, 2.24) is 4.98 Å². The minimum Gasteiger partial charge on any atom is -1.00 e. The summed E-state index contributed by atoms with van der Waals surface area (Å²) in [4.78, 5) is 4.03. The van der Waals surface area contributed by atoms with Gasteiger partial charge in [-0.25, -0.2) is 0 Å². The fraction of sp³-hybridized carbons (Fsp3) is 0. The van der Waals surface area contributed by atoms with E-state index < -0.39 is 0 Å². The Morgan fingerprint density at radius 3 is 2.67 bits per heavy atom. The normalized spacial score (nSPS) is 9.33. The van der Waals surface area contributed by atoms with Gasteiger partial charge in [0.2, 0.25) is 0 Å². The van der Waals surface area contributed by atoms with Crippen LogP contribution in [0.25, 0.3) is 10.9 Å². The van der Waals surface area contributed by atoms with Gasteiger partial charge in [-0.1, -0.05) is 18.2 Å². The van der Waals surface area contributed by atoms with Gasteiger partial charge in [0.25, 0.3) is 0 Å². The van der Waals surface area contributed by atoms with Gasteiger partial charge in [0.15, 0.2) is 0 Å². The number of hydrogen-bond acceptors (Lipinski definition) is 2. The molecule has 0 aliphatic heterocycles. The average molecular weight is 285 g/mol. The van der Waals surface area contributed by atoms with Crippen LogP contribution in [0, 0.1) is 0 Å². The molecule has 58 valence electrons. The molecule has 0 amide bonds. The van der Waals surface area contributed by atoms with E-state index in [1.807, 2.05) is 18.2 Å². The first kappa shape index (κ1) is 10.1. The molecule has 0 saturated heterocycles. The van der Waals surface area contributed by atoms with Gasteiger partial charge < -0.3 is 7.96 Å². The summed E-state index contributed by atoms with van der Waals surface area (Å²) in [5.41, 5.74) is 0.662. The Labute approximate surface area is 114 Å². The molecule has 1 N–H and O–H groups in total. The molecule has 0 spiro atoms. The summed E-state index contributed by atoms with van der Waals surface area (Å²) >= 11 is 0. The van der Waals surface area contributed by atoms with Crippen molar-refractivity contribution >= 4 is 59.8 Å². The number of fused-ring (bicyclic) bond motifs is 1. The molecular weight excluding hydrogens is 275 g/mol. The number of phenolic OH excluding ortho intramolecular Hbond substituents is 1. The first-order chi connectivity index (χ1) is 5.38. The molecule has 1 heterocycles. The predicted molar refractivity (Wildman–Crippen MR) is 51.4 cm³/mol. The largest absolute Gasteiger partial charge is 2.00 e. The summed E-state index contributed by atoms with van der Waals surface area (Å²) in [7, 11) is 0. The standard InChI is InChI=1S/C9H7NO.Ba.2H/c11-8-5-1-3-7-4-2-6-10-9(7)8;;;/h1-6,11H;;;/q;+2;2*-1. The van der Waals surface area contributed by atoms with E-state index in [1.54, 1.807) is 18.3 Å². The van der Waals surface area contributed by atoms with E-state index in [-0.39, 0.29) is 57.5 Å². The zero-order valence-corrected chi connectivity index (χ0v) is 11.0. The molecule has 12 heavy (non-hydrogen) atoms. The van der Waals surface area contributed by atoms with Crippen LogP contribution >= 0.6 is 0 Å². The molecule has 2 nitrogen and oxygen atoms in total. The maximum absolute atomic E-state index is 9.31. The number of benzene rings is 1. The second-order valence-electron chi connectivity index (χ2n) is 2.35. The Bertz CT molecular complexity index is 392. The van der Waals surface area contributed by atoms with E-state index in [9.17, 15) is 5.11 Å². The third kappa shape index (κ3) is 1.84. The molecule has 0 aliphatic carbocycles. The first-order valence-electron chi connectivity index (χ1n) is 3.40. The van der Waals surface area contributed by atoms with E-state index in [0.717, 1.165) is 5.39 Å². The third-order valence-corrected chi connectivity index (χ3v) is 1.61. The average Bonchev–Trinajstić information content (AvgIpc) is 2.06. The van der Waals surface area contributed by atoms with E-state index in [1.165, 1.54) is 0 Å². The Hall–Kier alpha value is 0.00143. The quantitative estimate of drug-likeness (QED) is 0.748. The summed E-state index contributed by atoms with van der Waals surface area (Å²) in [6.45, 7) is 0. The maximum atomic E-state index is 9.31. The minimum absolute atomic E-state index is 0. The van der Waals surface area contributed by atoms with E-state index in [2.05, 4.69) is 4.98 Å². The van der Waals surface area contributed by atoms with Crippen molar-refractivity contribution in [3.63, 3.8) is 0 Å². The second-order valence-corrected chi connectivity index (χ2v) is 2.35. The van der Waals surface area contributed by atoms with E-state index >= 15 is 0 Å². The molecule has 0 atom stereocenters. The molecular formula is C9H9BaNO. The monoisotopic (exact) mass is 285 g/mol. The first-order valence-corrected chi connectivity index (χ1v) is 3.40. The van der Waals surface area contributed by atoms with Crippen molar-refractivity contribution in [2.45, 2.75) is 0 Å². The van der Waals surface area contributed by atoms with Gasteiger partial charge in [-0.2, -0.15) is 0 Å². The van der Waals surface area contributed by atoms with E-state index in [4.69, 9.17) is 0 Å². The van der Waals surface area contributed by atoms with Crippen LogP contribution in [0.3, 0.4) is 0 Å². The van der Waals surface area contributed by atoms with Gasteiger partial charge in [-0.05, 0) is 12.1 Å². The summed E-state index contributed by atoms with van der Waals surface area (Å²) in [5.74, 6) is 0.239. The molecule has 0 bridgehead atoms. The molecule has 0 saturated carbocycles. The summed E-state index contributed by atoms with van der Waals surface area (Å²) < 4.78 is 0. The van der Waals surface area contributed by atoms with Crippen molar-refractivity contribution in [1.29, 1.82) is 0 Å². The van der Waals surface area contributed by atoms with Crippen LogP contribution in [0.5, 0.6) is 5.75 Å². The second kappa shape index (κ2) is 4.30. The van der Waals surface area contributed by atoms with Crippen molar-refractivity contribution in [2.24, 2.45) is 0 Å². The number of nitrogens with zero attached hydrogens (tertiary/aromatic N) is 1. The number of rotatable bonds is 0. The van der Waals surface area contributed by atoms with Crippen molar-refractivity contribution in [2.75, 3.05) is 0 Å². The Balaban J connectivity index is 0. The zero-order chi connectivity index (χ0) is 7.68. The molecule has 0 aliphatic rings. The number of pyridine rings is 1. The van der Waals surface area contributed by atoms with Crippen LogP contribution in [-0.4, -0.2) is 59.0 Å². The Morgan fingerprint density at radius 2 is 1.92 bits per heavy atom. The zero-order valence-electron chi connectivity index (χ0n) is 8.57. The SMILES string of the molecule is Oc1cccc2cccnc12.[Ba+2].[H-].[H-]. The molecule has 1 aromatic carbocycles. The predicted octanol–water partition coefficient (Wildman–Crippen LogP) is 1.78. The fourth-order valence-electron chi connectivity index (χ4n) is 1.09. The van der Waals surface area contributed by atoms with Crippen molar-refractivity contribution in [3.05, 3.63) is 36.5 Å². The van der Waals surface area contributed by atoms with Gasteiger partial charge in [-0.3, -0.25) is 4.98 Å². The number of phenols is 1. The topological polar surface area (TPSA) is 33.1 Å². The maximum Gasteiger partial charge on any atom is 2.00 e. The number of aromatic nitrogens is 1. The van der Waals surface area contributed by atoms with E-state index in [0.29, 0.717) is 5.52 Å². The van der Waals surface area contributed by atoms with Crippen LogP contribution in [0.15, 0.2) is 36.5 Å². The Kier molecular flexibility index (Phi) is 3.61. The molecule has 3 heteroatoms. The molecule has 0 fully saturated rings. The number of hydrogen-bond donors (Lipinski definition) is 1. The van der Waals surface area contributed by atoms with Gasteiger partial charge in [0, 0.05) is 11.6 Å². The summed E-state index contributed by atoms with van der Waals surface area (Å²) in [6, 6.07) is 9.13. The summed E-state index contributed by atoms with van der Waals surface area (Å²) in [5, 5.41) is 10.3. The molecule has 1 aromatic heterocycles. The Morgan fingerprint density at radius 1 is 1.17 bits per heavy atom. The molecule has 2 aromatic rings. The van der Waals surface area contributed by atoms with Gasteiger partial charge in [0.05, 0.1) is 0 Å². The van der Waals surface area contributed by atoms with Crippen molar-refractivity contribution < 1.29 is 7.96 Å². The fourth-order valence-corrected chi connectivity index (χ4v) is 1.09. The van der Waals surface area contributed by atoms with Crippen LogP contribution in [0.4, 0.5) is 0 Å². The molecule has 0 radical (unpaired) electrons. The third-order valence-electron chi connectivity index (χ3n) is 1.61. The number of para-hydroxylation sites is 1. The smallest absolute Gasteiger partial charge is 1.00 e. The van der Waals surface area contributed by atoms with Gasteiger partial charge in [0.1, 0.15) is 11.3 Å². The van der Waals surface area contributed by atoms with Gasteiger partial charge in [-0.15, -0.1) is 0 Å². The van der Waals surface area contributed by atoms with Gasteiger partial charge >= 0.3 is 48.9 Å².